The largest absolute Gasteiger partial charge is 0.491 e. The molecule has 0 fully saturated rings. The highest BCUT2D eigenvalue weighted by atomic mass is 32.2. The average Bonchev–Trinajstić information content (AvgIpc) is 3.51. The van der Waals surface area contributed by atoms with Crippen molar-refractivity contribution < 1.29 is 50.9 Å². The molecule has 47 heavy (non-hydrogen) atoms. The summed E-state index contributed by atoms with van der Waals surface area (Å²) in [6.45, 7) is 4.39. The van der Waals surface area contributed by atoms with Gasteiger partial charge in [0.2, 0.25) is 10.0 Å². The molecule has 0 aliphatic carbocycles. The number of alkyl halides is 1. The van der Waals surface area contributed by atoms with Crippen LogP contribution in [0.3, 0.4) is 0 Å². The van der Waals surface area contributed by atoms with Crippen LogP contribution in [0.2, 0.25) is 0 Å². The van der Waals surface area contributed by atoms with Crippen LogP contribution in [0.1, 0.15) is 19.5 Å². The lowest BCUT2D eigenvalue weighted by Crippen LogP contribution is -2.51. The molecule has 0 radical (unpaired) electrons. The summed E-state index contributed by atoms with van der Waals surface area (Å²) in [5.74, 6) is -1.77. The quantitative estimate of drug-likeness (QED) is 0.0643. The number of carbonyl (C=O) groups is 1. The number of benzene rings is 1. The van der Waals surface area contributed by atoms with Gasteiger partial charge in [0.15, 0.2) is 5.75 Å². The average molecular weight is 687 g/mol. The first-order valence-corrected chi connectivity index (χ1v) is 16.2. The number of ether oxygens (including phenoxy) is 5. The summed E-state index contributed by atoms with van der Waals surface area (Å²) in [6, 6.07) is 7.13. The fraction of sp³-hybridized carbons (Fsp3) is 0.517. The number of sulfonamides is 1. The van der Waals surface area contributed by atoms with Gasteiger partial charge in [0.25, 0.3) is 11.9 Å². The third-order valence-electron chi connectivity index (χ3n) is 6.42. The number of pyridine rings is 1. The fourth-order valence-electron chi connectivity index (χ4n) is 4.23. The van der Waals surface area contributed by atoms with E-state index in [1.807, 2.05) is 0 Å². The van der Waals surface area contributed by atoms with Crippen LogP contribution in [0.15, 0.2) is 53.7 Å². The molecule has 2 heterocycles. The van der Waals surface area contributed by atoms with Crippen molar-refractivity contribution in [3.05, 3.63) is 60.4 Å². The molecular weight excluding hydrogens is 646 g/mol. The van der Waals surface area contributed by atoms with E-state index >= 15 is 0 Å². The second kappa shape index (κ2) is 19.8. The number of nitrogens with one attached hydrogen (secondary N) is 1. The monoisotopic (exact) mass is 686 g/mol. The lowest BCUT2D eigenvalue weighted by Gasteiger charge is -2.31. The predicted octanol–water partition coefficient (Wildman–Crippen LogP) is 2.01. The molecule has 1 aromatic carbocycles. The third kappa shape index (κ3) is 12.1. The van der Waals surface area contributed by atoms with E-state index < -0.39 is 40.5 Å². The van der Waals surface area contributed by atoms with Gasteiger partial charge in [0.05, 0.1) is 63.3 Å². The van der Waals surface area contributed by atoms with Gasteiger partial charge >= 0.3 is 0 Å². The standard InChI is InChI=1S/C29H40F2N6O9S/c1-22(2)27(29(38)34-39)37(47(40,41)25-7-5-24(6-8-25)45-12-9-30)21-23-20-36(35-33-23)11-13-42-14-15-43-16-17-44-18-19-46-26-4-3-10-32-28(26)31/h3-8,10,20,22,27,39H,9,11-19,21H2,1-2H3,(H,34,38)/t27-/m1/s1. The summed E-state index contributed by atoms with van der Waals surface area (Å²) in [7, 11) is -4.29. The van der Waals surface area contributed by atoms with Crippen molar-refractivity contribution in [1.29, 1.82) is 0 Å². The normalized spacial score (nSPS) is 12.4. The summed E-state index contributed by atoms with van der Waals surface area (Å²) in [4.78, 5) is 16.0. The Morgan fingerprint density at radius 2 is 1.64 bits per heavy atom. The predicted molar refractivity (Wildman–Crippen MR) is 161 cm³/mol. The molecule has 1 amide bonds. The van der Waals surface area contributed by atoms with Crippen LogP contribution >= 0.6 is 0 Å². The molecule has 18 heteroatoms. The maximum Gasteiger partial charge on any atom is 0.262 e. The van der Waals surface area contributed by atoms with Crippen LogP contribution in [0, 0.1) is 11.9 Å². The van der Waals surface area contributed by atoms with Crippen LogP contribution in [0.25, 0.3) is 0 Å². The van der Waals surface area contributed by atoms with Crippen LogP contribution in [-0.4, -0.2) is 109 Å². The number of halogens is 2. The smallest absolute Gasteiger partial charge is 0.262 e. The Morgan fingerprint density at radius 1 is 0.979 bits per heavy atom. The SMILES string of the molecule is CC(C)[C@H](C(=O)NO)N(Cc1cn(CCOCCOCCOCCOc2cccnc2F)nn1)S(=O)(=O)c1ccc(OCCF)cc1. The minimum absolute atomic E-state index is 0.0647. The maximum absolute atomic E-state index is 13.7. The Kier molecular flexibility index (Phi) is 15.8. The molecule has 15 nitrogen and oxygen atoms in total. The lowest BCUT2D eigenvalue weighted by molar-refractivity contribution is -0.134. The number of aromatic nitrogens is 4. The zero-order chi connectivity index (χ0) is 34.1. The first-order chi connectivity index (χ1) is 22.7. The summed E-state index contributed by atoms with van der Waals surface area (Å²) < 4.78 is 82.5. The van der Waals surface area contributed by atoms with Gasteiger partial charge in [-0.25, -0.2) is 28.0 Å². The molecule has 0 saturated heterocycles. The number of nitrogens with zero attached hydrogens (tertiary/aromatic N) is 5. The summed E-state index contributed by atoms with van der Waals surface area (Å²) in [6.07, 6.45) is 2.87. The number of carbonyl (C=O) groups excluding carboxylic acids is 1. The van der Waals surface area contributed by atoms with Crippen molar-refractivity contribution in [3.8, 4) is 11.5 Å². The zero-order valence-electron chi connectivity index (χ0n) is 26.2. The van der Waals surface area contributed by atoms with E-state index in [4.69, 9.17) is 23.7 Å². The minimum Gasteiger partial charge on any atom is -0.491 e. The van der Waals surface area contributed by atoms with E-state index in [1.165, 1.54) is 47.4 Å². The number of hydrogen-bond acceptors (Lipinski definition) is 12. The molecule has 0 bridgehead atoms. The van der Waals surface area contributed by atoms with Crippen molar-refractivity contribution in [2.45, 2.75) is 37.9 Å². The number of amides is 1. The fourth-order valence-corrected chi connectivity index (χ4v) is 5.93. The summed E-state index contributed by atoms with van der Waals surface area (Å²) in [5, 5.41) is 17.4. The highest BCUT2D eigenvalue weighted by Gasteiger charge is 2.38. The van der Waals surface area contributed by atoms with Gasteiger partial charge in [-0.05, 0) is 42.3 Å². The topological polar surface area (TPSA) is 176 Å². The van der Waals surface area contributed by atoms with Crippen molar-refractivity contribution in [1.82, 2.24) is 29.8 Å². The van der Waals surface area contributed by atoms with Crippen molar-refractivity contribution in [3.63, 3.8) is 0 Å². The van der Waals surface area contributed by atoms with Crippen LogP contribution < -0.4 is 15.0 Å². The molecule has 3 rings (SSSR count). The van der Waals surface area contributed by atoms with Gasteiger partial charge in [-0.3, -0.25) is 10.0 Å². The molecule has 0 aliphatic heterocycles. The second-order valence-corrected chi connectivity index (χ2v) is 12.1. The van der Waals surface area contributed by atoms with E-state index in [-0.39, 0.29) is 55.1 Å². The Bertz CT molecular complexity index is 1460. The van der Waals surface area contributed by atoms with Crippen LogP contribution in [-0.2, 0) is 42.1 Å². The number of hydroxylamine groups is 1. The van der Waals surface area contributed by atoms with E-state index in [2.05, 4.69) is 15.3 Å². The van der Waals surface area contributed by atoms with Crippen molar-refractivity contribution >= 4 is 15.9 Å². The van der Waals surface area contributed by atoms with E-state index in [0.717, 1.165) is 4.31 Å². The highest BCUT2D eigenvalue weighted by molar-refractivity contribution is 7.89. The van der Waals surface area contributed by atoms with Crippen molar-refractivity contribution in [2.24, 2.45) is 5.92 Å². The number of hydrogen-bond donors (Lipinski definition) is 2. The molecule has 2 N–H and O–H groups in total. The van der Waals surface area contributed by atoms with Gasteiger partial charge in [0.1, 0.15) is 31.7 Å². The Balaban J connectivity index is 1.44. The Hall–Kier alpha value is -3.81. The van der Waals surface area contributed by atoms with E-state index in [1.54, 1.807) is 25.4 Å². The maximum atomic E-state index is 13.7. The minimum atomic E-state index is -4.29. The second-order valence-electron chi connectivity index (χ2n) is 10.2. The molecule has 0 saturated carbocycles. The molecule has 0 spiro atoms. The van der Waals surface area contributed by atoms with Crippen LogP contribution in [0.5, 0.6) is 11.5 Å². The Labute approximate surface area is 271 Å². The van der Waals surface area contributed by atoms with Gasteiger partial charge in [-0.1, -0.05) is 19.1 Å². The molecule has 3 aromatic rings. The van der Waals surface area contributed by atoms with Gasteiger partial charge in [-0.2, -0.15) is 8.70 Å². The zero-order valence-corrected chi connectivity index (χ0v) is 27.0. The first kappa shape index (κ1) is 37.6. The van der Waals surface area contributed by atoms with Gasteiger partial charge in [-0.15, -0.1) is 5.10 Å². The summed E-state index contributed by atoms with van der Waals surface area (Å²) >= 11 is 0. The van der Waals surface area contributed by atoms with Gasteiger partial charge in [0, 0.05) is 12.4 Å². The first-order valence-electron chi connectivity index (χ1n) is 14.8. The van der Waals surface area contributed by atoms with Gasteiger partial charge < -0.3 is 23.7 Å². The number of rotatable bonds is 23. The summed E-state index contributed by atoms with van der Waals surface area (Å²) in [5.41, 5.74) is 1.81. The molecule has 2 aromatic heterocycles. The van der Waals surface area contributed by atoms with Crippen molar-refractivity contribution in [2.75, 3.05) is 59.5 Å². The van der Waals surface area contributed by atoms with E-state index in [0.29, 0.717) is 33.0 Å². The highest BCUT2D eigenvalue weighted by Crippen LogP contribution is 2.26. The molecular formula is C29H40F2N6O9S. The lowest BCUT2D eigenvalue weighted by atomic mass is 10.0. The molecule has 0 unspecified atom stereocenters. The molecule has 260 valence electrons. The third-order valence-corrected chi connectivity index (χ3v) is 8.26. The Morgan fingerprint density at radius 3 is 2.26 bits per heavy atom. The molecule has 0 aliphatic rings. The van der Waals surface area contributed by atoms with E-state index in [9.17, 15) is 27.2 Å². The van der Waals surface area contributed by atoms with Crippen LogP contribution in [0.4, 0.5) is 8.78 Å². The molecule has 1 atom stereocenters.